The van der Waals surface area contributed by atoms with Crippen LogP contribution < -0.4 is 4.74 Å². The van der Waals surface area contributed by atoms with Crippen LogP contribution in [0.1, 0.15) is 24.8 Å². The Morgan fingerprint density at radius 2 is 1.70 bits per heavy atom. The monoisotopic (exact) mass is 638 g/mol. The first-order chi connectivity index (χ1) is 22.9. The summed E-state index contributed by atoms with van der Waals surface area (Å²) in [4.78, 5) is 21.0. The molecular formula is C35H33F3N8O. The summed E-state index contributed by atoms with van der Waals surface area (Å²) in [6.45, 7) is 4.00. The van der Waals surface area contributed by atoms with E-state index in [1.165, 1.54) is 25.0 Å². The molecule has 1 aromatic carbocycles. The molecule has 2 aliphatic rings. The molecular weight excluding hydrogens is 605 g/mol. The Balaban J connectivity index is 1.08. The number of halogens is 3. The Hall–Kier alpha value is -4.81. The maximum Gasteiger partial charge on any atom is 0.261 e. The first-order valence-corrected chi connectivity index (χ1v) is 15.9. The number of aromatic nitrogens is 6. The third-order valence-electron chi connectivity index (χ3n) is 9.05. The van der Waals surface area contributed by atoms with Crippen LogP contribution in [0.5, 0.6) is 5.75 Å². The molecule has 2 N–H and O–H groups in total. The molecule has 0 radical (unpaired) electrons. The van der Waals surface area contributed by atoms with Gasteiger partial charge in [0.1, 0.15) is 23.9 Å². The Labute approximate surface area is 268 Å². The third-order valence-corrected chi connectivity index (χ3v) is 9.05. The van der Waals surface area contributed by atoms with Crippen LogP contribution >= 0.6 is 0 Å². The number of fused-ring (bicyclic) bond motifs is 2. The molecule has 12 heteroatoms. The molecule has 0 aliphatic carbocycles. The summed E-state index contributed by atoms with van der Waals surface area (Å²) < 4.78 is 48.2. The minimum atomic E-state index is -2.64. The van der Waals surface area contributed by atoms with Gasteiger partial charge >= 0.3 is 0 Å². The quantitative estimate of drug-likeness (QED) is 0.182. The molecule has 6 aromatic rings. The van der Waals surface area contributed by atoms with E-state index < -0.39 is 5.92 Å². The highest BCUT2D eigenvalue weighted by molar-refractivity contribution is 6.01. The number of H-pyrrole nitrogens is 2. The van der Waals surface area contributed by atoms with Crippen molar-refractivity contribution in [3.8, 4) is 39.5 Å². The van der Waals surface area contributed by atoms with Gasteiger partial charge in [0.05, 0.1) is 41.4 Å². The van der Waals surface area contributed by atoms with E-state index in [1.54, 1.807) is 35.9 Å². The number of hydrogen-bond donors (Lipinski definition) is 2. The lowest BCUT2D eigenvalue weighted by Gasteiger charge is -2.15. The van der Waals surface area contributed by atoms with E-state index in [0.29, 0.717) is 42.4 Å². The van der Waals surface area contributed by atoms with E-state index >= 15 is 0 Å². The standard InChI is InChI=1S/C35H33F3N8O/c36-25-10-23(11-26(12-25)47-8-7-45-4-1-2-5-45)29-17-40-18-32-27(29)13-31(42-32)34-28-14-30(41-19-33(28)43-44-34)24-9-22(15-39-16-24)20-46-6-3-35(37,38)21-46/h9-19,42H,1-8,20-21H2,(H,43,44). The summed E-state index contributed by atoms with van der Waals surface area (Å²) in [5.74, 6) is -2.53. The minimum absolute atomic E-state index is 0.121. The van der Waals surface area contributed by atoms with Crippen LogP contribution in [0.25, 0.3) is 55.6 Å². The molecule has 7 heterocycles. The van der Waals surface area contributed by atoms with Gasteiger partial charge in [0.2, 0.25) is 0 Å². The molecule has 0 atom stereocenters. The topological polar surface area (TPSA) is 98.8 Å². The van der Waals surface area contributed by atoms with Crippen molar-refractivity contribution >= 4 is 21.8 Å². The van der Waals surface area contributed by atoms with E-state index in [9.17, 15) is 13.2 Å². The second kappa shape index (κ2) is 12.1. The second-order valence-electron chi connectivity index (χ2n) is 12.5. The molecule has 0 spiro atoms. The zero-order chi connectivity index (χ0) is 32.0. The van der Waals surface area contributed by atoms with Gasteiger partial charge in [-0.15, -0.1) is 0 Å². The summed E-state index contributed by atoms with van der Waals surface area (Å²) in [7, 11) is 0. The van der Waals surface area contributed by atoms with Crippen LogP contribution in [0.3, 0.4) is 0 Å². The Morgan fingerprint density at radius 3 is 2.55 bits per heavy atom. The van der Waals surface area contributed by atoms with Crippen molar-refractivity contribution in [2.24, 2.45) is 0 Å². The zero-order valence-corrected chi connectivity index (χ0v) is 25.6. The van der Waals surface area contributed by atoms with Gasteiger partial charge in [0.25, 0.3) is 5.92 Å². The van der Waals surface area contributed by atoms with Gasteiger partial charge in [-0.25, -0.2) is 13.2 Å². The number of hydrogen-bond acceptors (Lipinski definition) is 7. The van der Waals surface area contributed by atoms with Crippen LogP contribution in [0.15, 0.2) is 67.4 Å². The smallest absolute Gasteiger partial charge is 0.261 e. The number of rotatable bonds is 9. The van der Waals surface area contributed by atoms with Gasteiger partial charge in [-0.1, -0.05) is 0 Å². The molecule has 2 fully saturated rings. The summed E-state index contributed by atoms with van der Waals surface area (Å²) >= 11 is 0. The van der Waals surface area contributed by atoms with Gasteiger partial charge in [-0.2, -0.15) is 5.10 Å². The first kappa shape index (κ1) is 29.6. The normalized spacial score (nSPS) is 16.9. The molecule has 2 aliphatic heterocycles. The summed E-state index contributed by atoms with van der Waals surface area (Å²) in [5, 5.41) is 9.39. The fourth-order valence-electron chi connectivity index (χ4n) is 6.70. The molecule has 2 saturated heterocycles. The van der Waals surface area contributed by atoms with E-state index in [0.717, 1.165) is 63.8 Å². The lowest BCUT2D eigenvalue weighted by molar-refractivity contribution is 0.0115. The first-order valence-electron chi connectivity index (χ1n) is 15.9. The van der Waals surface area contributed by atoms with Crippen molar-refractivity contribution < 1.29 is 17.9 Å². The summed E-state index contributed by atoms with van der Waals surface area (Å²) in [6.07, 6.45) is 10.9. The van der Waals surface area contributed by atoms with Gasteiger partial charge in [0.15, 0.2) is 0 Å². The van der Waals surface area contributed by atoms with Crippen molar-refractivity contribution in [1.82, 2.24) is 39.9 Å². The highest BCUT2D eigenvalue weighted by atomic mass is 19.3. The molecule has 47 heavy (non-hydrogen) atoms. The van der Waals surface area contributed by atoms with Crippen LogP contribution in [-0.4, -0.2) is 85.2 Å². The zero-order valence-electron chi connectivity index (χ0n) is 25.6. The van der Waals surface area contributed by atoms with E-state index in [-0.39, 0.29) is 18.8 Å². The van der Waals surface area contributed by atoms with Gasteiger partial charge in [-0.05, 0) is 67.4 Å². The van der Waals surface area contributed by atoms with E-state index in [4.69, 9.17) is 4.74 Å². The van der Waals surface area contributed by atoms with Crippen LogP contribution in [-0.2, 0) is 6.54 Å². The predicted octanol–water partition coefficient (Wildman–Crippen LogP) is 6.68. The highest BCUT2D eigenvalue weighted by Crippen LogP contribution is 2.36. The van der Waals surface area contributed by atoms with E-state index in [1.807, 2.05) is 24.3 Å². The Kier molecular flexibility index (Phi) is 7.61. The average molecular weight is 639 g/mol. The Bertz CT molecular complexity index is 2070. The predicted molar refractivity (Wildman–Crippen MR) is 174 cm³/mol. The maximum atomic E-state index is 14.8. The van der Waals surface area contributed by atoms with Crippen molar-refractivity contribution in [3.63, 3.8) is 0 Å². The highest BCUT2D eigenvalue weighted by Gasteiger charge is 2.38. The molecule has 5 aromatic heterocycles. The van der Waals surface area contributed by atoms with Crippen molar-refractivity contribution in [2.45, 2.75) is 31.7 Å². The number of benzene rings is 1. The number of nitrogens with one attached hydrogen (secondary N) is 2. The molecule has 0 saturated carbocycles. The molecule has 0 amide bonds. The van der Waals surface area contributed by atoms with Gasteiger partial charge in [0, 0.05) is 72.6 Å². The molecule has 240 valence electrons. The third kappa shape index (κ3) is 6.18. The number of ether oxygens (including phenoxy) is 1. The molecule has 0 unspecified atom stereocenters. The van der Waals surface area contributed by atoms with Gasteiger partial charge < -0.3 is 9.72 Å². The van der Waals surface area contributed by atoms with Crippen LogP contribution in [0.2, 0.25) is 0 Å². The molecule has 9 nitrogen and oxygen atoms in total. The number of aromatic amines is 2. The molecule has 8 rings (SSSR count). The fraction of sp³-hybridized carbons (Fsp3) is 0.314. The van der Waals surface area contributed by atoms with Crippen molar-refractivity contribution in [3.05, 3.63) is 78.8 Å². The van der Waals surface area contributed by atoms with Gasteiger partial charge in [-0.3, -0.25) is 29.9 Å². The maximum absolute atomic E-state index is 14.8. The number of nitrogens with zero attached hydrogens (tertiary/aromatic N) is 6. The van der Waals surface area contributed by atoms with E-state index in [2.05, 4.69) is 35.0 Å². The number of alkyl halides is 2. The SMILES string of the molecule is Fc1cc(OCCN2CCCC2)cc(-c2cncc3[nH]c(-c4n[nH]c5cnc(-c6cncc(CN7CCC(F)(F)C7)c6)cc45)cc23)c1. The lowest BCUT2D eigenvalue weighted by atomic mass is 10.0. The molecule has 0 bridgehead atoms. The van der Waals surface area contributed by atoms with Crippen LogP contribution in [0.4, 0.5) is 13.2 Å². The Morgan fingerprint density at radius 1 is 0.830 bits per heavy atom. The second-order valence-corrected chi connectivity index (χ2v) is 12.5. The largest absolute Gasteiger partial charge is 0.492 e. The van der Waals surface area contributed by atoms with Crippen molar-refractivity contribution in [2.75, 3.05) is 39.3 Å². The average Bonchev–Trinajstić information content (AvgIpc) is 3.87. The number of pyridine rings is 3. The summed E-state index contributed by atoms with van der Waals surface area (Å²) in [5.41, 5.74) is 6.77. The fourth-order valence-corrected chi connectivity index (χ4v) is 6.70. The summed E-state index contributed by atoms with van der Waals surface area (Å²) in [6, 6.07) is 10.7. The van der Waals surface area contributed by atoms with Crippen LogP contribution in [0, 0.1) is 5.82 Å². The number of likely N-dealkylation sites (tertiary alicyclic amines) is 2. The van der Waals surface area contributed by atoms with Crippen molar-refractivity contribution in [1.29, 1.82) is 0 Å². The minimum Gasteiger partial charge on any atom is -0.492 e. The lowest BCUT2D eigenvalue weighted by Crippen LogP contribution is -2.25.